The fraction of sp³-hybridized carbons (Fsp3) is 0.267. The molecule has 0 saturated carbocycles. The first-order valence-electron chi connectivity index (χ1n) is 6.13. The van der Waals surface area contributed by atoms with Gasteiger partial charge >= 0.3 is 0 Å². The van der Waals surface area contributed by atoms with Gasteiger partial charge in [0.05, 0.1) is 11.1 Å². The molecule has 19 heavy (non-hydrogen) atoms. The Morgan fingerprint density at radius 2 is 1.95 bits per heavy atom. The monoisotopic (exact) mass is 258 g/mol. The van der Waals surface area contributed by atoms with Crippen molar-refractivity contribution < 1.29 is 19.5 Å². The number of phenols is 1. The van der Waals surface area contributed by atoms with E-state index in [-0.39, 0.29) is 40.6 Å². The molecule has 2 rings (SSSR count). The van der Waals surface area contributed by atoms with Crippen LogP contribution in [-0.2, 0) is 0 Å². The van der Waals surface area contributed by atoms with Gasteiger partial charge in [0.15, 0.2) is 17.3 Å². The molecule has 0 fully saturated rings. The molecule has 1 aromatic rings. The molecule has 0 saturated heterocycles. The molecule has 98 valence electrons. The Hall–Kier alpha value is -2.23. The lowest BCUT2D eigenvalue weighted by atomic mass is 9.93. The molecule has 0 amide bonds. The smallest absolute Gasteiger partial charge is 0.186 e. The van der Waals surface area contributed by atoms with Gasteiger partial charge < -0.3 is 5.11 Å². The summed E-state index contributed by atoms with van der Waals surface area (Å²) in [6, 6.07) is 1.39. The molecule has 1 aliphatic carbocycles. The largest absolute Gasteiger partial charge is 0.506 e. The number of aromatic hydroxyl groups is 1. The highest BCUT2D eigenvalue weighted by Gasteiger charge is 2.26. The number of fused-ring (bicyclic) bond motifs is 1. The lowest BCUT2D eigenvalue weighted by Crippen LogP contribution is -2.08. The molecule has 0 spiro atoms. The van der Waals surface area contributed by atoms with E-state index in [2.05, 4.69) is 0 Å². The summed E-state index contributed by atoms with van der Waals surface area (Å²) in [5, 5.41) is 10.1. The van der Waals surface area contributed by atoms with Crippen LogP contribution in [0.15, 0.2) is 12.1 Å². The number of Topliss-reactive ketones (excluding diaryl/α,β-unsaturated/α-hetero) is 2. The highest BCUT2D eigenvalue weighted by Crippen LogP contribution is 2.34. The van der Waals surface area contributed by atoms with Crippen LogP contribution in [0.25, 0.3) is 6.08 Å². The van der Waals surface area contributed by atoms with E-state index in [1.807, 2.05) is 6.92 Å². The van der Waals surface area contributed by atoms with Gasteiger partial charge in [-0.25, -0.2) is 0 Å². The zero-order valence-electron chi connectivity index (χ0n) is 10.8. The standard InChI is InChI=1S/C15H14O4/c1-3-4-12(17)11-7-10-9(5-6-13(10)18)14(8(2)16)15(11)19/h5-7,19H,3-4H2,1-2H3. The fourth-order valence-corrected chi connectivity index (χ4v) is 2.24. The molecule has 0 bridgehead atoms. The molecular weight excluding hydrogens is 244 g/mol. The van der Waals surface area contributed by atoms with Gasteiger partial charge in [0.1, 0.15) is 5.75 Å². The van der Waals surface area contributed by atoms with Crippen molar-refractivity contribution in [1.29, 1.82) is 0 Å². The Morgan fingerprint density at radius 3 is 2.53 bits per heavy atom. The lowest BCUT2D eigenvalue weighted by molar-refractivity contribution is 0.0979. The molecule has 1 aromatic carbocycles. The third kappa shape index (κ3) is 2.10. The number of benzene rings is 1. The molecule has 0 heterocycles. The fourth-order valence-electron chi connectivity index (χ4n) is 2.24. The average molecular weight is 258 g/mol. The second-order valence-electron chi connectivity index (χ2n) is 4.54. The molecule has 0 aliphatic heterocycles. The SMILES string of the molecule is CCCC(=O)c1cc2c(c(C(C)=O)c1O)C=CC2=O. The highest BCUT2D eigenvalue weighted by atomic mass is 16.3. The summed E-state index contributed by atoms with van der Waals surface area (Å²) in [6.07, 6.45) is 3.75. The predicted octanol–water partition coefficient (Wildman–Crippen LogP) is 2.79. The Bertz CT molecular complexity index is 624. The van der Waals surface area contributed by atoms with Crippen LogP contribution in [0.5, 0.6) is 5.75 Å². The second kappa shape index (κ2) is 4.80. The third-order valence-corrected chi connectivity index (χ3v) is 3.14. The van der Waals surface area contributed by atoms with Gasteiger partial charge in [-0.15, -0.1) is 0 Å². The number of hydrogen-bond donors (Lipinski definition) is 1. The Balaban J connectivity index is 2.70. The van der Waals surface area contributed by atoms with Gasteiger partial charge in [-0.2, -0.15) is 0 Å². The van der Waals surface area contributed by atoms with E-state index in [1.165, 1.54) is 25.1 Å². The van der Waals surface area contributed by atoms with Crippen molar-refractivity contribution >= 4 is 23.4 Å². The van der Waals surface area contributed by atoms with Gasteiger partial charge in [-0.1, -0.05) is 6.92 Å². The first-order chi connectivity index (χ1) is 8.97. The lowest BCUT2D eigenvalue weighted by Gasteiger charge is -2.11. The van der Waals surface area contributed by atoms with Crippen LogP contribution in [0.3, 0.4) is 0 Å². The minimum Gasteiger partial charge on any atom is -0.506 e. The van der Waals surface area contributed by atoms with Crippen molar-refractivity contribution in [2.75, 3.05) is 0 Å². The minimum absolute atomic E-state index is 0.0547. The summed E-state index contributed by atoms with van der Waals surface area (Å²) >= 11 is 0. The second-order valence-corrected chi connectivity index (χ2v) is 4.54. The number of ketones is 3. The topological polar surface area (TPSA) is 71.4 Å². The predicted molar refractivity (Wildman–Crippen MR) is 70.7 cm³/mol. The van der Waals surface area contributed by atoms with E-state index in [1.54, 1.807) is 0 Å². The van der Waals surface area contributed by atoms with E-state index in [9.17, 15) is 19.5 Å². The van der Waals surface area contributed by atoms with Gasteiger partial charge in [0.25, 0.3) is 0 Å². The number of hydrogen-bond acceptors (Lipinski definition) is 4. The van der Waals surface area contributed by atoms with Crippen molar-refractivity contribution in [1.82, 2.24) is 0 Å². The van der Waals surface area contributed by atoms with Crippen LogP contribution >= 0.6 is 0 Å². The molecule has 0 aromatic heterocycles. The zero-order valence-corrected chi connectivity index (χ0v) is 10.8. The molecule has 4 nitrogen and oxygen atoms in total. The molecule has 1 aliphatic rings. The Kier molecular flexibility index (Phi) is 3.34. The molecule has 1 N–H and O–H groups in total. The van der Waals surface area contributed by atoms with Crippen LogP contribution in [0, 0.1) is 0 Å². The summed E-state index contributed by atoms with van der Waals surface area (Å²) in [5.74, 6) is -1.18. The number of phenolic OH excluding ortho intramolecular Hbond substituents is 1. The zero-order chi connectivity index (χ0) is 14.2. The number of carbonyl (C=O) groups excluding carboxylic acids is 3. The molecule has 0 unspecified atom stereocenters. The summed E-state index contributed by atoms with van der Waals surface area (Å²) in [6.45, 7) is 3.15. The van der Waals surface area contributed by atoms with E-state index in [4.69, 9.17) is 0 Å². The molecule has 0 radical (unpaired) electrons. The first-order valence-corrected chi connectivity index (χ1v) is 6.13. The van der Waals surface area contributed by atoms with Crippen molar-refractivity contribution in [2.45, 2.75) is 26.7 Å². The van der Waals surface area contributed by atoms with E-state index >= 15 is 0 Å². The maximum atomic E-state index is 11.9. The third-order valence-electron chi connectivity index (χ3n) is 3.14. The van der Waals surface area contributed by atoms with Crippen LogP contribution in [-0.4, -0.2) is 22.5 Å². The van der Waals surface area contributed by atoms with Gasteiger partial charge in [-0.3, -0.25) is 14.4 Å². The van der Waals surface area contributed by atoms with Crippen molar-refractivity contribution in [3.8, 4) is 5.75 Å². The van der Waals surface area contributed by atoms with Crippen molar-refractivity contribution in [3.05, 3.63) is 34.4 Å². The maximum Gasteiger partial charge on any atom is 0.186 e. The summed E-state index contributed by atoms with van der Waals surface area (Å²) in [4.78, 5) is 35.3. The molecule has 0 atom stereocenters. The van der Waals surface area contributed by atoms with Crippen LogP contribution in [0.2, 0.25) is 0 Å². The molecule has 4 heteroatoms. The summed E-state index contributed by atoms with van der Waals surface area (Å²) < 4.78 is 0. The number of allylic oxidation sites excluding steroid dienone is 1. The first kappa shape index (κ1) is 13.2. The highest BCUT2D eigenvalue weighted by molar-refractivity contribution is 6.19. The maximum absolute atomic E-state index is 11.9. The number of rotatable bonds is 4. The van der Waals surface area contributed by atoms with Crippen molar-refractivity contribution in [2.24, 2.45) is 0 Å². The molecular formula is C15H14O4. The van der Waals surface area contributed by atoms with Crippen LogP contribution < -0.4 is 0 Å². The normalized spacial score (nSPS) is 12.6. The van der Waals surface area contributed by atoms with E-state index in [0.717, 1.165) is 0 Å². The summed E-state index contributed by atoms with van der Waals surface area (Å²) in [5.41, 5.74) is 0.826. The van der Waals surface area contributed by atoms with Gasteiger partial charge in [-0.05, 0) is 31.6 Å². The van der Waals surface area contributed by atoms with Crippen molar-refractivity contribution in [3.63, 3.8) is 0 Å². The number of carbonyl (C=O) groups is 3. The van der Waals surface area contributed by atoms with Crippen LogP contribution in [0.1, 0.15) is 63.3 Å². The van der Waals surface area contributed by atoms with E-state index in [0.29, 0.717) is 17.5 Å². The van der Waals surface area contributed by atoms with Crippen LogP contribution in [0.4, 0.5) is 0 Å². The summed E-state index contributed by atoms with van der Waals surface area (Å²) in [7, 11) is 0. The van der Waals surface area contributed by atoms with Gasteiger partial charge in [0.2, 0.25) is 0 Å². The Morgan fingerprint density at radius 1 is 1.26 bits per heavy atom. The minimum atomic E-state index is -0.362. The van der Waals surface area contributed by atoms with E-state index < -0.39 is 0 Å². The average Bonchev–Trinajstić information content (AvgIpc) is 2.69. The Labute approximate surface area is 110 Å². The quantitative estimate of drug-likeness (QED) is 0.843. The van der Waals surface area contributed by atoms with Gasteiger partial charge in [0, 0.05) is 17.5 Å².